The van der Waals surface area contributed by atoms with Gasteiger partial charge in [-0.2, -0.15) is 5.10 Å². The number of anilines is 1. The molecule has 0 bridgehead atoms. The molecular formula is C33H33Cl2FN4O4. The molecule has 0 radical (unpaired) electrons. The van der Waals surface area contributed by atoms with Crippen LogP contribution in [-0.4, -0.2) is 47.9 Å². The maximum Gasteiger partial charge on any atom is 0.251 e. The van der Waals surface area contributed by atoms with Crippen molar-refractivity contribution in [3.63, 3.8) is 0 Å². The van der Waals surface area contributed by atoms with E-state index < -0.39 is 5.82 Å². The molecule has 0 fully saturated rings. The van der Waals surface area contributed by atoms with E-state index in [0.29, 0.717) is 67.8 Å². The number of aromatic nitrogens is 2. The van der Waals surface area contributed by atoms with Crippen LogP contribution in [-0.2, 0) is 11.3 Å². The Kier molecular flexibility index (Phi) is 10.1. The molecule has 1 N–H and O–H groups in total. The average Bonchev–Trinajstić information content (AvgIpc) is 3.36. The Morgan fingerprint density at radius 2 is 1.95 bits per heavy atom. The van der Waals surface area contributed by atoms with Crippen LogP contribution in [0.5, 0.6) is 11.5 Å². The van der Waals surface area contributed by atoms with Gasteiger partial charge in [-0.1, -0.05) is 41.4 Å². The lowest BCUT2D eigenvalue weighted by atomic mass is 10.1. The number of fused-ring (bicyclic) bond motifs is 1. The molecule has 3 aromatic carbocycles. The van der Waals surface area contributed by atoms with Crippen LogP contribution in [0.3, 0.4) is 0 Å². The highest BCUT2D eigenvalue weighted by atomic mass is 35.5. The van der Waals surface area contributed by atoms with E-state index in [1.54, 1.807) is 28.9 Å². The summed E-state index contributed by atoms with van der Waals surface area (Å²) >= 11 is 12.6. The SMILES string of the molecule is CCNC(=O)c1cc(F)c(Cn2cc(-c3cccc4c3OCCCN4C(=O)CCCOc3cccc(Cl)c3C)cn2)c(Cl)c1. The second kappa shape index (κ2) is 14.1. The average molecular weight is 640 g/mol. The Morgan fingerprint density at radius 3 is 2.75 bits per heavy atom. The van der Waals surface area contributed by atoms with E-state index in [1.807, 2.05) is 43.3 Å². The Balaban J connectivity index is 1.30. The van der Waals surface area contributed by atoms with E-state index >= 15 is 0 Å². The van der Waals surface area contributed by atoms with Crippen molar-refractivity contribution in [2.45, 2.75) is 39.7 Å². The normalized spacial score (nSPS) is 12.7. The summed E-state index contributed by atoms with van der Waals surface area (Å²) in [6, 6.07) is 13.8. The number of carbonyl (C=O) groups excluding carboxylic acids is 2. The lowest BCUT2D eigenvalue weighted by Gasteiger charge is -2.23. The van der Waals surface area contributed by atoms with Gasteiger partial charge >= 0.3 is 0 Å². The van der Waals surface area contributed by atoms with Gasteiger partial charge in [-0.3, -0.25) is 14.3 Å². The summed E-state index contributed by atoms with van der Waals surface area (Å²) in [6.07, 6.45) is 4.99. The summed E-state index contributed by atoms with van der Waals surface area (Å²) in [4.78, 5) is 27.3. The van der Waals surface area contributed by atoms with Gasteiger partial charge in [0.2, 0.25) is 5.91 Å². The fourth-order valence-electron chi connectivity index (χ4n) is 5.08. The van der Waals surface area contributed by atoms with Gasteiger partial charge in [0.15, 0.2) is 5.75 Å². The minimum absolute atomic E-state index is 0.0165. The number of nitrogens with one attached hydrogen (secondary N) is 1. The van der Waals surface area contributed by atoms with Crippen molar-refractivity contribution in [2.75, 3.05) is 31.2 Å². The Bertz CT molecular complexity index is 1650. The Labute approximate surface area is 265 Å². The molecule has 11 heteroatoms. The standard InChI is InChI=1S/C33H33Cl2FN4O4/c1-3-37-33(42)22-16-27(35)25(28(36)17-22)20-39-19-23(18-38-39)24-8-4-10-29-32(24)44-15-7-13-40(29)31(41)12-6-14-43-30-11-5-9-26(34)21(30)2/h4-5,8-11,16-19H,3,6-7,12-15,20H2,1-2H3,(H,37,42). The first-order chi connectivity index (χ1) is 21.3. The van der Waals surface area contributed by atoms with Crippen molar-refractivity contribution in [1.82, 2.24) is 15.1 Å². The largest absolute Gasteiger partial charge is 0.493 e. The summed E-state index contributed by atoms with van der Waals surface area (Å²) in [5.41, 5.74) is 3.47. The number of benzene rings is 3. The van der Waals surface area contributed by atoms with E-state index in [-0.39, 0.29) is 34.5 Å². The van der Waals surface area contributed by atoms with Gasteiger partial charge in [0.05, 0.1) is 31.6 Å². The third kappa shape index (κ3) is 7.00. The van der Waals surface area contributed by atoms with Crippen LogP contribution in [0, 0.1) is 12.7 Å². The molecule has 0 saturated carbocycles. The number of carbonyl (C=O) groups is 2. The summed E-state index contributed by atoms with van der Waals surface area (Å²) in [5.74, 6) is 0.316. The second-order valence-electron chi connectivity index (χ2n) is 10.4. The van der Waals surface area contributed by atoms with E-state index in [1.165, 1.54) is 12.1 Å². The molecule has 0 aliphatic carbocycles. The number of halogens is 3. The maximum absolute atomic E-state index is 15.0. The van der Waals surface area contributed by atoms with E-state index in [4.69, 9.17) is 32.7 Å². The van der Waals surface area contributed by atoms with E-state index in [0.717, 1.165) is 16.7 Å². The minimum atomic E-state index is -0.588. The molecule has 0 spiro atoms. The fraction of sp³-hybridized carbons (Fsp3) is 0.303. The van der Waals surface area contributed by atoms with Gasteiger partial charge in [-0.05, 0) is 57.0 Å². The number of amides is 2. The molecule has 5 rings (SSSR count). The smallest absolute Gasteiger partial charge is 0.251 e. The number of hydrogen-bond donors (Lipinski definition) is 1. The summed E-state index contributed by atoms with van der Waals surface area (Å²) in [5, 5.41) is 7.85. The molecule has 0 atom stereocenters. The van der Waals surface area contributed by atoms with E-state index in [2.05, 4.69) is 10.4 Å². The third-order valence-electron chi connectivity index (χ3n) is 7.37. The first kappa shape index (κ1) is 31.3. The number of para-hydroxylation sites is 1. The van der Waals surface area contributed by atoms with Crippen LogP contribution in [0.25, 0.3) is 11.1 Å². The van der Waals surface area contributed by atoms with E-state index in [9.17, 15) is 14.0 Å². The molecule has 0 unspecified atom stereocenters. The zero-order valence-electron chi connectivity index (χ0n) is 24.5. The monoisotopic (exact) mass is 638 g/mol. The Morgan fingerprint density at radius 1 is 1.14 bits per heavy atom. The number of nitrogens with zero attached hydrogens (tertiary/aromatic N) is 3. The zero-order chi connectivity index (χ0) is 31.2. The van der Waals surface area contributed by atoms with Crippen LogP contribution in [0.4, 0.5) is 10.1 Å². The van der Waals surface area contributed by atoms with Crippen molar-refractivity contribution in [3.05, 3.63) is 93.5 Å². The lowest BCUT2D eigenvalue weighted by molar-refractivity contribution is -0.118. The molecule has 1 aliphatic rings. The summed E-state index contributed by atoms with van der Waals surface area (Å²) < 4.78 is 28.6. The van der Waals surface area contributed by atoms with Gasteiger partial charge < -0.3 is 19.7 Å². The van der Waals surface area contributed by atoms with Gasteiger partial charge in [-0.25, -0.2) is 4.39 Å². The zero-order valence-corrected chi connectivity index (χ0v) is 26.1. The molecule has 2 amide bonds. The predicted molar refractivity (Wildman–Crippen MR) is 170 cm³/mol. The van der Waals surface area contributed by atoms with Gasteiger partial charge in [0, 0.05) is 63.6 Å². The van der Waals surface area contributed by atoms with Gasteiger partial charge in [0.25, 0.3) is 5.91 Å². The van der Waals surface area contributed by atoms with Crippen LogP contribution < -0.4 is 19.7 Å². The number of ether oxygens (including phenoxy) is 2. The molecule has 8 nitrogen and oxygen atoms in total. The molecule has 1 aromatic heterocycles. The van der Waals surface area contributed by atoms with Gasteiger partial charge in [0.1, 0.15) is 11.6 Å². The quantitative estimate of drug-likeness (QED) is 0.188. The molecule has 230 valence electrons. The summed E-state index contributed by atoms with van der Waals surface area (Å²) in [7, 11) is 0. The highest BCUT2D eigenvalue weighted by molar-refractivity contribution is 6.32. The number of rotatable bonds is 10. The molecule has 2 heterocycles. The maximum atomic E-state index is 15.0. The first-order valence-corrected chi connectivity index (χ1v) is 15.3. The lowest BCUT2D eigenvalue weighted by Crippen LogP contribution is -2.31. The molecule has 1 aliphatic heterocycles. The highest BCUT2D eigenvalue weighted by Gasteiger charge is 2.25. The first-order valence-electron chi connectivity index (χ1n) is 14.5. The molecule has 44 heavy (non-hydrogen) atoms. The predicted octanol–water partition coefficient (Wildman–Crippen LogP) is 7.08. The molecule has 0 saturated heterocycles. The third-order valence-corrected chi connectivity index (χ3v) is 8.12. The topological polar surface area (TPSA) is 85.7 Å². The molecule has 4 aromatic rings. The molecular weight excluding hydrogens is 606 g/mol. The van der Waals surface area contributed by atoms with Crippen LogP contribution >= 0.6 is 23.2 Å². The van der Waals surface area contributed by atoms with Crippen LogP contribution in [0.2, 0.25) is 10.0 Å². The highest BCUT2D eigenvalue weighted by Crippen LogP contribution is 2.40. The van der Waals surface area contributed by atoms with Crippen molar-refractivity contribution in [2.24, 2.45) is 0 Å². The van der Waals surface area contributed by atoms with Crippen molar-refractivity contribution in [1.29, 1.82) is 0 Å². The second-order valence-corrected chi connectivity index (χ2v) is 11.2. The van der Waals surface area contributed by atoms with Crippen molar-refractivity contribution in [3.8, 4) is 22.6 Å². The number of hydrogen-bond acceptors (Lipinski definition) is 5. The Hall–Kier alpha value is -4.08. The van der Waals surface area contributed by atoms with Crippen molar-refractivity contribution >= 4 is 40.7 Å². The minimum Gasteiger partial charge on any atom is -0.493 e. The van der Waals surface area contributed by atoms with Crippen LogP contribution in [0.1, 0.15) is 47.7 Å². The van der Waals surface area contributed by atoms with Crippen LogP contribution in [0.15, 0.2) is 60.9 Å². The van der Waals surface area contributed by atoms with Gasteiger partial charge in [-0.15, -0.1) is 0 Å². The van der Waals surface area contributed by atoms with Crippen molar-refractivity contribution < 1.29 is 23.5 Å². The summed E-state index contributed by atoms with van der Waals surface area (Å²) in [6.45, 7) is 5.56. The fourth-order valence-corrected chi connectivity index (χ4v) is 5.51.